The molecule has 0 atom stereocenters. The first-order valence-electron chi connectivity index (χ1n) is 5.84. The fraction of sp³-hybridized carbons (Fsp3) is 0.583. The maximum atomic E-state index is 5.37. The molecule has 1 aromatic rings. The van der Waals surface area contributed by atoms with Crippen molar-refractivity contribution in [2.45, 2.75) is 19.4 Å². The molecule has 0 spiro atoms. The number of oxime groups is 1. The SMILES string of the molecule is c1cc(CON=C2CN3CCC2CC3)co1. The van der Waals surface area contributed by atoms with Crippen molar-refractivity contribution >= 4 is 5.71 Å². The molecule has 0 radical (unpaired) electrons. The standard InChI is InChI=1S/C12H16N2O2/c1-4-14-5-2-11(1)12(7-14)13-16-9-10-3-6-15-8-10/h3,6,8,11H,1-2,4-5,7,9H2. The summed E-state index contributed by atoms with van der Waals surface area (Å²) in [5, 5.41) is 4.27. The molecule has 0 amide bonds. The van der Waals surface area contributed by atoms with Gasteiger partial charge < -0.3 is 9.25 Å². The molecule has 2 bridgehead atoms. The smallest absolute Gasteiger partial charge is 0.145 e. The second-order valence-electron chi connectivity index (χ2n) is 4.54. The lowest BCUT2D eigenvalue weighted by atomic mass is 9.87. The van der Waals surface area contributed by atoms with E-state index < -0.39 is 0 Å². The normalized spacial score (nSPS) is 30.9. The van der Waals surface area contributed by atoms with E-state index in [4.69, 9.17) is 9.25 Å². The Morgan fingerprint density at radius 2 is 2.31 bits per heavy atom. The van der Waals surface area contributed by atoms with Crippen LogP contribution in [0.1, 0.15) is 18.4 Å². The summed E-state index contributed by atoms with van der Waals surface area (Å²) in [5.74, 6) is 0.661. The van der Waals surface area contributed by atoms with Crippen molar-refractivity contribution in [3.8, 4) is 0 Å². The first kappa shape index (κ1) is 9.90. The molecular formula is C12H16N2O2. The maximum Gasteiger partial charge on any atom is 0.145 e. The Balaban J connectivity index is 1.57. The highest BCUT2D eigenvalue weighted by Crippen LogP contribution is 2.25. The zero-order valence-corrected chi connectivity index (χ0v) is 9.26. The lowest BCUT2D eigenvalue weighted by molar-refractivity contribution is 0.118. The van der Waals surface area contributed by atoms with Crippen LogP contribution >= 0.6 is 0 Å². The quantitative estimate of drug-likeness (QED) is 0.730. The van der Waals surface area contributed by atoms with Gasteiger partial charge in [-0.25, -0.2) is 0 Å². The van der Waals surface area contributed by atoms with E-state index in [2.05, 4.69) is 10.1 Å². The van der Waals surface area contributed by atoms with Crippen LogP contribution in [0.15, 0.2) is 28.2 Å². The van der Waals surface area contributed by atoms with E-state index in [0.717, 1.165) is 12.1 Å². The molecule has 16 heavy (non-hydrogen) atoms. The Labute approximate surface area is 94.9 Å². The van der Waals surface area contributed by atoms with Gasteiger partial charge in [0.2, 0.25) is 0 Å². The molecule has 1 aromatic heterocycles. The molecule has 3 aliphatic rings. The molecule has 4 heterocycles. The van der Waals surface area contributed by atoms with Gasteiger partial charge >= 0.3 is 0 Å². The van der Waals surface area contributed by atoms with Crippen molar-refractivity contribution in [1.29, 1.82) is 0 Å². The fourth-order valence-corrected chi connectivity index (χ4v) is 2.45. The van der Waals surface area contributed by atoms with E-state index in [1.54, 1.807) is 12.5 Å². The molecule has 4 rings (SSSR count). The van der Waals surface area contributed by atoms with E-state index in [9.17, 15) is 0 Å². The van der Waals surface area contributed by atoms with E-state index in [0.29, 0.717) is 12.5 Å². The first-order valence-corrected chi connectivity index (χ1v) is 5.84. The van der Waals surface area contributed by atoms with Gasteiger partial charge in [0, 0.05) is 18.0 Å². The summed E-state index contributed by atoms with van der Waals surface area (Å²) in [6.07, 6.45) is 5.83. The molecule has 0 aliphatic carbocycles. The summed E-state index contributed by atoms with van der Waals surface area (Å²) in [6, 6.07) is 1.90. The Bertz CT molecular complexity index is 364. The van der Waals surface area contributed by atoms with Crippen molar-refractivity contribution < 1.29 is 9.25 Å². The summed E-state index contributed by atoms with van der Waals surface area (Å²) in [4.78, 5) is 7.82. The van der Waals surface area contributed by atoms with Crippen LogP contribution in [-0.2, 0) is 11.4 Å². The third-order valence-corrected chi connectivity index (χ3v) is 3.44. The summed E-state index contributed by atoms with van der Waals surface area (Å²) >= 11 is 0. The highest BCUT2D eigenvalue weighted by molar-refractivity contribution is 5.89. The third-order valence-electron chi connectivity index (χ3n) is 3.44. The second kappa shape index (κ2) is 4.29. The second-order valence-corrected chi connectivity index (χ2v) is 4.54. The minimum atomic E-state index is 0.507. The monoisotopic (exact) mass is 220 g/mol. The van der Waals surface area contributed by atoms with Gasteiger partial charge in [0.15, 0.2) is 0 Å². The molecule has 0 aromatic carbocycles. The van der Waals surface area contributed by atoms with Crippen LogP contribution in [0.2, 0.25) is 0 Å². The minimum absolute atomic E-state index is 0.507. The summed E-state index contributed by atoms with van der Waals surface area (Å²) < 4.78 is 4.97. The number of furan rings is 1. The van der Waals surface area contributed by atoms with Gasteiger partial charge in [0.05, 0.1) is 18.2 Å². The van der Waals surface area contributed by atoms with Crippen molar-refractivity contribution in [2.75, 3.05) is 19.6 Å². The van der Waals surface area contributed by atoms with Gasteiger partial charge in [-0.1, -0.05) is 5.16 Å². The van der Waals surface area contributed by atoms with Gasteiger partial charge in [-0.2, -0.15) is 0 Å². The average Bonchev–Trinajstić information content (AvgIpc) is 2.84. The van der Waals surface area contributed by atoms with Crippen molar-refractivity contribution in [1.82, 2.24) is 4.90 Å². The predicted molar refractivity (Wildman–Crippen MR) is 60.1 cm³/mol. The number of nitrogens with zero attached hydrogens (tertiary/aromatic N) is 2. The van der Waals surface area contributed by atoms with Crippen molar-refractivity contribution in [3.63, 3.8) is 0 Å². The topological polar surface area (TPSA) is 38.0 Å². The Morgan fingerprint density at radius 3 is 2.94 bits per heavy atom. The molecule has 4 heteroatoms. The number of hydrogen-bond donors (Lipinski definition) is 0. The zero-order chi connectivity index (χ0) is 10.8. The molecule has 3 aliphatic heterocycles. The van der Waals surface area contributed by atoms with E-state index in [-0.39, 0.29) is 0 Å². The Morgan fingerprint density at radius 1 is 1.44 bits per heavy atom. The van der Waals surface area contributed by atoms with E-state index in [1.165, 1.54) is 31.6 Å². The Hall–Kier alpha value is -1.29. The number of hydrogen-bond acceptors (Lipinski definition) is 4. The average molecular weight is 220 g/mol. The van der Waals surface area contributed by atoms with Crippen LogP contribution in [0.5, 0.6) is 0 Å². The zero-order valence-electron chi connectivity index (χ0n) is 9.26. The molecule has 3 saturated heterocycles. The maximum absolute atomic E-state index is 5.37. The van der Waals surface area contributed by atoms with Gasteiger partial charge in [-0.3, -0.25) is 4.90 Å². The highest BCUT2D eigenvalue weighted by atomic mass is 16.6. The molecular weight excluding hydrogens is 204 g/mol. The van der Waals surface area contributed by atoms with Crippen LogP contribution in [0.3, 0.4) is 0 Å². The van der Waals surface area contributed by atoms with Gasteiger partial charge in [0.25, 0.3) is 0 Å². The minimum Gasteiger partial charge on any atom is -0.472 e. The van der Waals surface area contributed by atoms with Gasteiger partial charge in [0.1, 0.15) is 6.61 Å². The third kappa shape index (κ3) is 1.97. The van der Waals surface area contributed by atoms with Crippen LogP contribution in [0.25, 0.3) is 0 Å². The van der Waals surface area contributed by atoms with E-state index >= 15 is 0 Å². The summed E-state index contributed by atoms with van der Waals surface area (Å²) in [5.41, 5.74) is 2.26. The van der Waals surface area contributed by atoms with Crippen molar-refractivity contribution in [3.05, 3.63) is 24.2 Å². The van der Waals surface area contributed by atoms with Gasteiger partial charge in [-0.05, 0) is 32.0 Å². The predicted octanol–water partition coefficient (Wildman–Crippen LogP) is 1.88. The van der Waals surface area contributed by atoms with Crippen LogP contribution < -0.4 is 0 Å². The lowest BCUT2D eigenvalue weighted by Gasteiger charge is -2.39. The van der Waals surface area contributed by atoms with Crippen LogP contribution in [-0.4, -0.2) is 30.2 Å². The van der Waals surface area contributed by atoms with Crippen LogP contribution in [0, 0.1) is 5.92 Å². The number of piperidine rings is 3. The van der Waals surface area contributed by atoms with Gasteiger partial charge in [-0.15, -0.1) is 0 Å². The summed E-state index contributed by atoms with van der Waals surface area (Å²) in [7, 11) is 0. The summed E-state index contributed by atoms with van der Waals surface area (Å²) in [6.45, 7) is 3.96. The lowest BCUT2D eigenvalue weighted by Crippen LogP contribution is -2.47. The first-order chi connectivity index (χ1) is 7.92. The molecule has 86 valence electrons. The molecule has 0 unspecified atom stereocenters. The molecule has 0 saturated carbocycles. The van der Waals surface area contributed by atoms with E-state index in [1.807, 2.05) is 6.07 Å². The largest absolute Gasteiger partial charge is 0.472 e. The van der Waals surface area contributed by atoms with Crippen molar-refractivity contribution in [2.24, 2.45) is 11.1 Å². The number of fused-ring (bicyclic) bond motifs is 3. The molecule has 4 nitrogen and oxygen atoms in total. The molecule has 0 N–H and O–H groups in total. The Kier molecular flexibility index (Phi) is 2.66. The highest BCUT2D eigenvalue weighted by Gasteiger charge is 2.31. The van der Waals surface area contributed by atoms with Crippen LogP contribution in [0.4, 0.5) is 0 Å². The number of rotatable bonds is 3. The fourth-order valence-electron chi connectivity index (χ4n) is 2.45. The molecule has 3 fully saturated rings.